The quantitative estimate of drug-likeness (QED) is 0.548. The lowest BCUT2D eigenvalue weighted by Gasteiger charge is -2.31. The first-order valence-corrected chi connectivity index (χ1v) is 10.4. The van der Waals surface area contributed by atoms with Gasteiger partial charge in [0, 0.05) is 11.3 Å². The molecule has 1 atom stereocenters. The third-order valence-corrected chi connectivity index (χ3v) is 6.14. The Labute approximate surface area is 155 Å². The van der Waals surface area contributed by atoms with Crippen molar-refractivity contribution in [2.24, 2.45) is 0 Å². The molecule has 0 saturated heterocycles. The standard InChI is InChI=1S/C20H27FNO3P/c1-14(2)24-26(23,25-15(3)4)20(17-11-7-8-12-18(17)21)22-19-13-9-6-10-16(19)5/h6-15,20,22H,1-5H3. The van der Waals surface area contributed by atoms with Gasteiger partial charge in [0.25, 0.3) is 0 Å². The molecule has 6 heteroatoms. The first kappa shape index (κ1) is 20.6. The minimum Gasteiger partial charge on any atom is -0.368 e. The second kappa shape index (κ2) is 8.81. The topological polar surface area (TPSA) is 47.6 Å². The van der Waals surface area contributed by atoms with Crippen molar-refractivity contribution in [1.82, 2.24) is 0 Å². The minimum absolute atomic E-state index is 0.250. The van der Waals surface area contributed by atoms with E-state index >= 15 is 0 Å². The van der Waals surface area contributed by atoms with E-state index in [9.17, 15) is 8.96 Å². The van der Waals surface area contributed by atoms with Crippen molar-refractivity contribution in [3.63, 3.8) is 0 Å². The zero-order chi connectivity index (χ0) is 19.3. The molecular weight excluding hydrogens is 352 g/mol. The lowest BCUT2D eigenvalue weighted by Crippen LogP contribution is -2.20. The predicted molar refractivity (Wildman–Crippen MR) is 104 cm³/mol. The molecule has 2 aromatic carbocycles. The molecule has 0 heterocycles. The van der Waals surface area contributed by atoms with Crippen LogP contribution >= 0.6 is 7.60 Å². The molecular formula is C20H27FNO3P. The third kappa shape index (κ3) is 5.16. The minimum atomic E-state index is -3.73. The van der Waals surface area contributed by atoms with Crippen LogP contribution in [0.2, 0.25) is 0 Å². The summed E-state index contributed by atoms with van der Waals surface area (Å²) >= 11 is 0. The van der Waals surface area contributed by atoms with Crippen LogP contribution < -0.4 is 5.32 Å². The molecule has 0 radical (unpaired) electrons. The number of aryl methyl sites for hydroxylation is 1. The van der Waals surface area contributed by atoms with Gasteiger partial charge in [0.15, 0.2) is 5.78 Å². The van der Waals surface area contributed by atoms with Crippen LogP contribution in [0.1, 0.15) is 44.6 Å². The van der Waals surface area contributed by atoms with Gasteiger partial charge in [-0.3, -0.25) is 4.57 Å². The molecule has 142 valence electrons. The maximum absolute atomic E-state index is 14.6. The van der Waals surface area contributed by atoms with Gasteiger partial charge < -0.3 is 14.4 Å². The first-order valence-electron chi connectivity index (χ1n) is 8.76. The summed E-state index contributed by atoms with van der Waals surface area (Å²) in [5.74, 6) is -1.42. The maximum atomic E-state index is 14.6. The Hall–Kier alpha value is -1.68. The highest BCUT2D eigenvalue weighted by Gasteiger charge is 2.41. The fraction of sp³-hybridized carbons (Fsp3) is 0.400. The van der Waals surface area contributed by atoms with E-state index in [0.717, 1.165) is 11.3 Å². The monoisotopic (exact) mass is 379 g/mol. The molecule has 0 aromatic heterocycles. The highest BCUT2D eigenvalue weighted by molar-refractivity contribution is 7.54. The van der Waals surface area contributed by atoms with Crippen LogP contribution in [0.25, 0.3) is 0 Å². The number of rotatable bonds is 8. The van der Waals surface area contributed by atoms with Crippen LogP contribution in [0, 0.1) is 12.7 Å². The average Bonchev–Trinajstić information content (AvgIpc) is 2.53. The van der Waals surface area contributed by atoms with E-state index in [2.05, 4.69) is 5.32 Å². The number of hydrogen-bond donors (Lipinski definition) is 1. The average molecular weight is 379 g/mol. The first-order chi connectivity index (χ1) is 12.2. The summed E-state index contributed by atoms with van der Waals surface area (Å²) in [6, 6.07) is 13.8. The predicted octanol–water partition coefficient (Wildman–Crippen LogP) is 6.29. The summed E-state index contributed by atoms with van der Waals surface area (Å²) in [6.07, 6.45) is -0.681. The van der Waals surface area contributed by atoms with E-state index in [1.807, 2.05) is 31.2 Å². The second-order valence-electron chi connectivity index (χ2n) is 6.73. The molecule has 1 unspecified atom stereocenters. The molecule has 0 bridgehead atoms. The Bertz CT molecular complexity index is 765. The zero-order valence-electron chi connectivity index (χ0n) is 15.9. The SMILES string of the molecule is Cc1ccccc1NC(c1ccccc1F)P(=O)(OC(C)C)OC(C)C. The molecule has 26 heavy (non-hydrogen) atoms. The van der Waals surface area contributed by atoms with Crippen molar-refractivity contribution in [3.05, 3.63) is 65.5 Å². The third-order valence-electron chi connectivity index (χ3n) is 3.67. The number of benzene rings is 2. The molecule has 2 rings (SSSR count). The highest BCUT2D eigenvalue weighted by atomic mass is 31.2. The molecule has 1 N–H and O–H groups in total. The van der Waals surface area contributed by atoms with Crippen molar-refractivity contribution in [2.45, 2.75) is 52.6 Å². The lowest BCUT2D eigenvalue weighted by atomic mass is 10.1. The summed E-state index contributed by atoms with van der Waals surface area (Å²) in [4.78, 5) is 0. The van der Waals surface area contributed by atoms with Gasteiger partial charge in [0.05, 0.1) is 12.2 Å². The van der Waals surface area contributed by atoms with Crippen molar-refractivity contribution in [1.29, 1.82) is 0 Å². The molecule has 0 amide bonds. The van der Waals surface area contributed by atoms with Crippen LogP contribution in [0.15, 0.2) is 48.5 Å². The Morgan fingerprint density at radius 1 is 0.923 bits per heavy atom. The molecule has 4 nitrogen and oxygen atoms in total. The normalized spacial score (nSPS) is 13.2. The van der Waals surface area contributed by atoms with Crippen LogP contribution in [-0.2, 0) is 13.6 Å². The van der Waals surface area contributed by atoms with Gasteiger partial charge in [-0.15, -0.1) is 0 Å². The Morgan fingerprint density at radius 3 is 2.00 bits per heavy atom. The molecule has 2 aromatic rings. The highest BCUT2D eigenvalue weighted by Crippen LogP contribution is 2.62. The van der Waals surface area contributed by atoms with Crippen LogP contribution in [0.4, 0.5) is 10.1 Å². The van der Waals surface area contributed by atoms with E-state index < -0.39 is 19.2 Å². The van der Waals surface area contributed by atoms with Gasteiger partial charge in [0.2, 0.25) is 0 Å². The maximum Gasteiger partial charge on any atom is 0.357 e. The summed E-state index contributed by atoms with van der Waals surface area (Å²) in [5, 5.41) is 3.20. The smallest absolute Gasteiger partial charge is 0.357 e. The van der Waals surface area contributed by atoms with Gasteiger partial charge in [-0.1, -0.05) is 36.4 Å². The number of anilines is 1. The number of para-hydroxylation sites is 1. The fourth-order valence-corrected chi connectivity index (χ4v) is 4.96. The fourth-order valence-electron chi connectivity index (χ4n) is 2.64. The largest absolute Gasteiger partial charge is 0.368 e. The summed E-state index contributed by atoms with van der Waals surface area (Å²) < 4.78 is 39.8. The molecule has 0 fully saturated rings. The van der Waals surface area contributed by atoms with Gasteiger partial charge in [-0.25, -0.2) is 4.39 Å². The molecule has 0 aliphatic rings. The summed E-state index contributed by atoms with van der Waals surface area (Å²) in [7, 11) is -3.73. The summed E-state index contributed by atoms with van der Waals surface area (Å²) in [5.41, 5.74) is 1.95. The van der Waals surface area contributed by atoms with Crippen molar-refractivity contribution < 1.29 is 18.0 Å². The zero-order valence-corrected chi connectivity index (χ0v) is 16.8. The van der Waals surface area contributed by atoms with Crippen LogP contribution in [0.3, 0.4) is 0 Å². The van der Waals surface area contributed by atoms with E-state index in [0.29, 0.717) is 0 Å². The van der Waals surface area contributed by atoms with Crippen LogP contribution in [0.5, 0.6) is 0 Å². The van der Waals surface area contributed by atoms with E-state index in [-0.39, 0.29) is 17.8 Å². The molecule has 0 spiro atoms. The Balaban J connectivity index is 2.56. The van der Waals surface area contributed by atoms with E-state index in [4.69, 9.17) is 9.05 Å². The number of halogens is 1. The molecule has 0 aliphatic carbocycles. The van der Waals surface area contributed by atoms with Gasteiger partial charge in [-0.05, 0) is 52.3 Å². The molecule has 0 aliphatic heterocycles. The van der Waals surface area contributed by atoms with Gasteiger partial charge >= 0.3 is 7.60 Å². The van der Waals surface area contributed by atoms with Crippen molar-refractivity contribution in [2.75, 3.05) is 5.32 Å². The summed E-state index contributed by atoms with van der Waals surface area (Å²) in [6.45, 7) is 9.05. The molecule has 0 saturated carbocycles. The van der Waals surface area contributed by atoms with Gasteiger partial charge in [-0.2, -0.15) is 0 Å². The van der Waals surface area contributed by atoms with Crippen molar-refractivity contribution >= 4 is 13.3 Å². The lowest BCUT2D eigenvalue weighted by molar-refractivity contribution is 0.137. The number of hydrogen-bond acceptors (Lipinski definition) is 4. The Morgan fingerprint density at radius 2 is 1.46 bits per heavy atom. The van der Waals surface area contributed by atoms with Crippen LogP contribution in [-0.4, -0.2) is 12.2 Å². The van der Waals surface area contributed by atoms with E-state index in [1.165, 1.54) is 6.07 Å². The van der Waals surface area contributed by atoms with Crippen molar-refractivity contribution in [3.8, 4) is 0 Å². The number of nitrogens with one attached hydrogen (secondary N) is 1. The Kier molecular flexibility index (Phi) is 6.99. The van der Waals surface area contributed by atoms with Gasteiger partial charge in [0.1, 0.15) is 5.82 Å². The second-order valence-corrected chi connectivity index (χ2v) is 8.75. The van der Waals surface area contributed by atoms with E-state index in [1.54, 1.807) is 45.9 Å².